The van der Waals surface area contributed by atoms with Gasteiger partial charge in [-0.1, -0.05) is 48.0 Å². The van der Waals surface area contributed by atoms with Crippen LogP contribution in [0.25, 0.3) is 0 Å². The van der Waals surface area contributed by atoms with Crippen molar-refractivity contribution < 1.29 is 23.1 Å². The topological polar surface area (TPSA) is 92.7 Å². The SMILES string of the molecule is CCOC(=O)[C@@H](O)[C@H](NS(=O)(=O)c1ccc(C)cc1)c1ccccc1. The standard InChI is InChI=1S/C18H21NO5S/c1-3-24-18(21)17(20)16(14-7-5-4-6-8-14)19-25(22,23)15-11-9-13(2)10-12-15/h4-12,16-17,19-20H,3H2,1-2H3/t16-,17+/m1/s1. The second kappa shape index (κ2) is 8.24. The van der Waals surface area contributed by atoms with Gasteiger partial charge in [0, 0.05) is 0 Å². The Balaban J connectivity index is 2.35. The van der Waals surface area contributed by atoms with E-state index in [0.717, 1.165) is 5.56 Å². The third kappa shape index (κ3) is 4.88. The van der Waals surface area contributed by atoms with E-state index in [1.165, 1.54) is 12.1 Å². The van der Waals surface area contributed by atoms with Crippen LogP contribution in [0.3, 0.4) is 0 Å². The number of carbonyl (C=O) groups excluding carboxylic acids is 1. The molecule has 0 radical (unpaired) electrons. The Bertz CT molecular complexity index is 803. The van der Waals surface area contributed by atoms with E-state index in [1.54, 1.807) is 49.4 Å². The Hall–Kier alpha value is -2.22. The van der Waals surface area contributed by atoms with Crippen molar-refractivity contribution in [2.24, 2.45) is 0 Å². The first-order chi connectivity index (χ1) is 11.8. The fourth-order valence-electron chi connectivity index (χ4n) is 2.29. The minimum absolute atomic E-state index is 0.0510. The van der Waals surface area contributed by atoms with Gasteiger partial charge in [-0.15, -0.1) is 0 Å². The van der Waals surface area contributed by atoms with Crippen LogP contribution in [0.15, 0.2) is 59.5 Å². The van der Waals surface area contributed by atoms with Gasteiger partial charge in [0.25, 0.3) is 0 Å². The summed E-state index contributed by atoms with van der Waals surface area (Å²) in [6.45, 7) is 3.54. The average Bonchev–Trinajstić information content (AvgIpc) is 2.60. The van der Waals surface area contributed by atoms with E-state index in [0.29, 0.717) is 5.56 Å². The zero-order valence-electron chi connectivity index (χ0n) is 14.0. The molecule has 25 heavy (non-hydrogen) atoms. The summed E-state index contributed by atoms with van der Waals surface area (Å²) in [7, 11) is -3.94. The molecule has 2 aromatic rings. The maximum atomic E-state index is 12.6. The fraction of sp³-hybridized carbons (Fsp3) is 0.278. The van der Waals surface area contributed by atoms with Gasteiger partial charge in [-0.2, -0.15) is 0 Å². The van der Waals surface area contributed by atoms with E-state index in [9.17, 15) is 18.3 Å². The van der Waals surface area contributed by atoms with E-state index in [1.807, 2.05) is 6.92 Å². The normalized spacial score (nSPS) is 13.9. The lowest BCUT2D eigenvalue weighted by Gasteiger charge is -2.23. The molecule has 0 saturated heterocycles. The first-order valence-electron chi connectivity index (χ1n) is 7.84. The molecule has 134 valence electrons. The van der Waals surface area contributed by atoms with Crippen LogP contribution in [0.2, 0.25) is 0 Å². The average molecular weight is 363 g/mol. The van der Waals surface area contributed by atoms with Gasteiger partial charge in [-0.25, -0.2) is 17.9 Å². The summed E-state index contributed by atoms with van der Waals surface area (Å²) in [5.41, 5.74) is 1.38. The van der Waals surface area contributed by atoms with Gasteiger partial charge in [-0.3, -0.25) is 0 Å². The molecular weight excluding hydrogens is 342 g/mol. The minimum Gasteiger partial charge on any atom is -0.464 e. The Morgan fingerprint density at radius 2 is 1.72 bits per heavy atom. The Morgan fingerprint density at radius 3 is 2.28 bits per heavy atom. The molecule has 0 saturated carbocycles. The van der Waals surface area contributed by atoms with Crippen molar-refractivity contribution in [3.8, 4) is 0 Å². The van der Waals surface area contributed by atoms with Gasteiger partial charge < -0.3 is 9.84 Å². The highest BCUT2D eigenvalue weighted by molar-refractivity contribution is 7.89. The number of aliphatic hydroxyl groups excluding tert-OH is 1. The molecule has 2 aromatic carbocycles. The maximum absolute atomic E-state index is 12.6. The lowest BCUT2D eigenvalue weighted by atomic mass is 10.0. The zero-order valence-corrected chi connectivity index (χ0v) is 14.9. The first-order valence-corrected chi connectivity index (χ1v) is 9.32. The summed E-state index contributed by atoms with van der Waals surface area (Å²) in [5.74, 6) is -0.886. The maximum Gasteiger partial charge on any atom is 0.336 e. The molecule has 7 heteroatoms. The molecule has 0 spiro atoms. The summed E-state index contributed by atoms with van der Waals surface area (Å²) in [6, 6.07) is 13.5. The van der Waals surface area contributed by atoms with Gasteiger partial charge in [0.2, 0.25) is 10.0 Å². The Kier molecular flexibility index (Phi) is 6.30. The highest BCUT2D eigenvalue weighted by Gasteiger charge is 2.32. The second-order valence-electron chi connectivity index (χ2n) is 5.52. The second-order valence-corrected chi connectivity index (χ2v) is 7.23. The number of hydrogen-bond acceptors (Lipinski definition) is 5. The summed E-state index contributed by atoms with van der Waals surface area (Å²) in [6.07, 6.45) is -1.66. The van der Waals surface area contributed by atoms with Crippen LogP contribution in [0.5, 0.6) is 0 Å². The number of nitrogens with one attached hydrogen (secondary N) is 1. The Labute approximate surface area is 147 Å². The third-order valence-corrected chi connectivity index (χ3v) is 5.07. The molecule has 0 aliphatic carbocycles. The van der Waals surface area contributed by atoms with E-state index in [4.69, 9.17) is 4.74 Å². The lowest BCUT2D eigenvalue weighted by Crippen LogP contribution is -2.41. The van der Waals surface area contributed by atoms with Crippen molar-refractivity contribution in [2.45, 2.75) is 30.9 Å². The molecule has 0 heterocycles. The van der Waals surface area contributed by atoms with Crippen LogP contribution < -0.4 is 4.72 Å². The molecule has 2 rings (SSSR count). The van der Waals surface area contributed by atoms with Crippen molar-refractivity contribution in [1.29, 1.82) is 0 Å². The molecule has 2 N–H and O–H groups in total. The van der Waals surface area contributed by atoms with Crippen LogP contribution in [-0.4, -0.2) is 32.2 Å². The number of ether oxygens (including phenoxy) is 1. The minimum atomic E-state index is -3.94. The lowest BCUT2D eigenvalue weighted by molar-refractivity contribution is -0.154. The van der Waals surface area contributed by atoms with Crippen LogP contribution in [0.4, 0.5) is 0 Å². The molecule has 0 aromatic heterocycles. The van der Waals surface area contributed by atoms with Crippen LogP contribution in [0.1, 0.15) is 24.1 Å². The van der Waals surface area contributed by atoms with E-state index in [2.05, 4.69) is 4.72 Å². The summed E-state index contributed by atoms with van der Waals surface area (Å²) in [4.78, 5) is 12.0. The number of hydrogen-bond donors (Lipinski definition) is 2. The van der Waals surface area contributed by atoms with Crippen molar-refractivity contribution in [1.82, 2.24) is 4.72 Å². The fourth-order valence-corrected chi connectivity index (χ4v) is 3.52. The molecular formula is C18H21NO5S. The summed E-state index contributed by atoms with van der Waals surface area (Å²) < 4.78 is 32.5. The highest BCUT2D eigenvalue weighted by Crippen LogP contribution is 2.22. The summed E-state index contributed by atoms with van der Waals surface area (Å²) in [5, 5.41) is 10.3. The van der Waals surface area contributed by atoms with Crippen LogP contribution in [-0.2, 0) is 19.6 Å². The zero-order chi connectivity index (χ0) is 18.4. The number of esters is 1. The molecule has 0 unspecified atom stereocenters. The predicted molar refractivity (Wildman–Crippen MR) is 93.3 cm³/mol. The number of sulfonamides is 1. The van der Waals surface area contributed by atoms with Crippen molar-refractivity contribution in [3.63, 3.8) is 0 Å². The number of aryl methyl sites for hydroxylation is 1. The van der Waals surface area contributed by atoms with E-state index >= 15 is 0 Å². The van der Waals surface area contributed by atoms with Gasteiger partial charge >= 0.3 is 5.97 Å². The monoisotopic (exact) mass is 363 g/mol. The highest BCUT2D eigenvalue weighted by atomic mass is 32.2. The van der Waals surface area contributed by atoms with E-state index in [-0.39, 0.29) is 11.5 Å². The molecule has 0 fully saturated rings. The van der Waals surface area contributed by atoms with Gasteiger partial charge in [0.05, 0.1) is 17.5 Å². The van der Waals surface area contributed by atoms with Crippen molar-refractivity contribution in [3.05, 3.63) is 65.7 Å². The van der Waals surface area contributed by atoms with Gasteiger partial charge in [0.1, 0.15) is 0 Å². The van der Waals surface area contributed by atoms with Gasteiger partial charge in [0.15, 0.2) is 6.10 Å². The molecule has 0 bridgehead atoms. The van der Waals surface area contributed by atoms with Crippen LogP contribution >= 0.6 is 0 Å². The number of rotatable bonds is 7. The van der Waals surface area contributed by atoms with Crippen molar-refractivity contribution in [2.75, 3.05) is 6.61 Å². The first kappa shape index (κ1) is 19.1. The smallest absolute Gasteiger partial charge is 0.336 e. The number of aliphatic hydroxyl groups is 1. The molecule has 0 aliphatic rings. The molecule has 0 aliphatic heterocycles. The van der Waals surface area contributed by atoms with Crippen molar-refractivity contribution >= 4 is 16.0 Å². The van der Waals surface area contributed by atoms with Crippen LogP contribution in [0, 0.1) is 6.92 Å². The Morgan fingerprint density at radius 1 is 1.12 bits per heavy atom. The third-order valence-electron chi connectivity index (χ3n) is 3.62. The summed E-state index contributed by atoms with van der Waals surface area (Å²) >= 11 is 0. The van der Waals surface area contributed by atoms with E-state index < -0.39 is 28.1 Å². The molecule has 0 amide bonds. The molecule has 2 atom stereocenters. The molecule has 6 nitrogen and oxygen atoms in total. The quantitative estimate of drug-likeness (QED) is 0.734. The predicted octanol–water partition coefficient (Wildman–Crippen LogP) is 1.94. The number of benzene rings is 2. The number of carbonyl (C=O) groups is 1. The largest absolute Gasteiger partial charge is 0.464 e. The van der Waals surface area contributed by atoms with Gasteiger partial charge in [-0.05, 0) is 31.5 Å².